The standard InChI is InChI=1S/C18H22N4O2/c1-12(2)10-19-16-7-8-17(20-11-16)18(24)22-15-6-4-5-14(9-15)21-13(3)23/h4-9,11-12,19H,10H2,1-3H3,(H,21,23)(H,22,24). The highest BCUT2D eigenvalue weighted by molar-refractivity contribution is 6.03. The van der Waals surface area contributed by atoms with Gasteiger partial charge in [0.25, 0.3) is 5.91 Å². The van der Waals surface area contributed by atoms with E-state index in [2.05, 4.69) is 34.8 Å². The van der Waals surface area contributed by atoms with E-state index in [0.717, 1.165) is 12.2 Å². The van der Waals surface area contributed by atoms with Gasteiger partial charge in [0.1, 0.15) is 5.69 Å². The van der Waals surface area contributed by atoms with Gasteiger partial charge >= 0.3 is 0 Å². The maximum absolute atomic E-state index is 12.2. The number of amides is 2. The van der Waals surface area contributed by atoms with E-state index >= 15 is 0 Å². The molecule has 1 heterocycles. The first-order valence-corrected chi connectivity index (χ1v) is 7.83. The summed E-state index contributed by atoms with van der Waals surface area (Å²) < 4.78 is 0. The van der Waals surface area contributed by atoms with E-state index in [-0.39, 0.29) is 11.8 Å². The molecule has 24 heavy (non-hydrogen) atoms. The monoisotopic (exact) mass is 326 g/mol. The molecule has 0 fully saturated rings. The van der Waals surface area contributed by atoms with Gasteiger partial charge in [-0.15, -0.1) is 0 Å². The van der Waals surface area contributed by atoms with E-state index < -0.39 is 0 Å². The van der Waals surface area contributed by atoms with Crippen LogP contribution in [0.5, 0.6) is 0 Å². The highest BCUT2D eigenvalue weighted by atomic mass is 16.2. The highest BCUT2D eigenvalue weighted by Gasteiger charge is 2.08. The molecule has 6 nitrogen and oxygen atoms in total. The van der Waals surface area contributed by atoms with Crippen LogP contribution in [0.25, 0.3) is 0 Å². The molecule has 0 atom stereocenters. The predicted molar refractivity (Wildman–Crippen MR) is 96.3 cm³/mol. The maximum atomic E-state index is 12.2. The van der Waals surface area contributed by atoms with E-state index in [9.17, 15) is 9.59 Å². The van der Waals surface area contributed by atoms with Gasteiger partial charge in [-0.05, 0) is 36.2 Å². The maximum Gasteiger partial charge on any atom is 0.274 e. The van der Waals surface area contributed by atoms with Crippen molar-refractivity contribution in [1.29, 1.82) is 0 Å². The Labute approximate surface area is 141 Å². The number of rotatable bonds is 6. The van der Waals surface area contributed by atoms with Crippen LogP contribution in [0.3, 0.4) is 0 Å². The SMILES string of the molecule is CC(=O)Nc1cccc(NC(=O)c2ccc(NCC(C)C)cn2)c1. The lowest BCUT2D eigenvalue weighted by Gasteiger charge is -2.10. The number of aromatic nitrogens is 1. The molecule has 0 unspecified atom stereocenters. The third-order valence-electron chi connectivity index (χ3n) is 3.15. The smallest absolute Gasteiger partial charge is 0.274 e. The molecule has 0 aliphatic rings. The van der Waals surface area contributed by atoms with Crippen LogP contribution in [0.4, 0.5) is 17.1 Å². The molecule has 0 saturated carbocycles. The van der Waals surface area contributed by atoms with Crippen LogP contribution in [0.15, 0.2) is 42.6 Å². The van der Waals surface area contributed by atoms with Crippen LogP contribution in [0.1, 0.15) is 31.3 Å². The zero-order valence-electron chi connectivity index (χ0n) is 14.1. The molecule has 1 aromatic carbocycles. The summed E-state index contributed by atoms with van der Waals surface area (Å²) in [6.07, 6.45) is 1.64. The summed E-state index contributed by atoms with van der Waals surface area (Å²) in [5, 5.41) is 8.69. The summed E-state index contributed by atoms with van der Waals surface area (Å²) in [6.45, 7) is 6.53. The Hall–Kier alpha value is -2.89. The lowest BCUT2D eigenvalue weighted by molar-refractivity contribution is -0.114. The van der Waals surface area contributed by atoms with E-state index in [1.165, 1.54) is 6.92 Å². The first-order chi connectivity index (χ1) is 11.4. The molecule has 0 bridgehead atoms. The summed E-state index contributed by atoms with van der Waals surface area (Å²) in [6, 6.07) is 10.5. The van der Waals surface area contributed by atoms with Crippen LogP contribution in [0, 0.1) is 5.92 Å². The molecule has 1 aromatic heterocycles. The number of carbonyl (C=O) groups is 2. The topological polar surface area (TPSA) is 83.1 Å². The second kappa shape index (κ2) is 8.10. The van der Waals surface area contributed by atoms with Crippen molar-refractivity contribution in [1.82, 2.24) is 4.98 Å². The van der Waals surface area contributed by atoms with Crippen LogP contribution < -0.4 is 16.0 Å². The zero-order valence-corrected chi connectivity index (χ0v) is 14.1. The van der Waals surface area contributed by atoms with Gasteiger partial charge in [-0.1, -0.05) is 19.9 Å². The number of carbonyl (C=O) groups excluding carboxylic acids is 2. The van der Waals surface area contributed by atoms with E-state index in [4.69, 9.17) is 0 Å². The lowest BCUT2D eigenvalue weighted by Crippen LogP contribution is -2.14. The molecule has 2 aromatic rings. The van der Waals surface area contributed by atoms with Gasteiger partial charge in [-0.25, -0.2) is 4.98 Å². The van der Waals surface area contributed by atoms with Gasteiger partial charge in [0.05, 0.1) is 11.9 Å². The number of anilines is 3. The van der Waals surface area contributed by atoms with Crippen molar-refractivity contribution in [2.45, 2.75) is 20.8 Å². The molecular weight excluding hydrogens is 304 g/mol. The van der Waals surface area contributed by atoms with Gasteiger partial charge in [-0.2, -0.15) is 0 Å². The van der Waals surface area contributed by atoms with E-state index in [0.29, 0.717) is 23.0 Å². The van der Waals surface area contributed by atoms with Crippen molar-refractivity contribution in [3.05, 3.63) is 48.3 Å². The average Bonchev–Trinajstić information content (AvgIpc) is 2.53. The summed E-state index contributed by atoms with van der Waals surface area (Å²) in [5.41, 5.74) is 2.43. The Morgan fingerprint density at radius 3 is 2.33 bits per heavy atom. The van der Waals surface area contributed by atoms with Gasteiger partial charge in [-0.3, -0.25) is 9.59 Å². The number of hydrogen-bond acceptors (Lipinski definition) is 4. The molecule has 2 amide bonds. The predicted octanol–water partition coefficient (Wildman–Crippen LogP) is 3.36. The van der Waals surface area contributed by atoms with Crippen molar-refractivity contribution in [3.8, 4) is 0 Å². The summed E-state index contributed by atoms with van der Waals surface area (Å²) in [7, 11) is 0. The normalized spacial score (nSPS) is 10.3. The second-order valence-electron chi connectivity index (χ2n) is 5.92. The third kappa shape index (κ3) is 5.39. The number of hydrogen-bond donors (Lipinski definition) is 3. The summed E-state index contributed by atoms with van der Waals surface area (Å²) in [5.74, 6) is 0.0684. The average molecular weight is 326 g/mol. The molecular formula is C18H22N4O2. The fourth-order valence-corrected chi connectivity index (χ4v) is 2.03. The van der Waals surface area contributed by atoms with Crippen molar-refractivity contribution >= 4 is 28.9 Å². The number of nitrogens with one attached hydrogen (secondary N) is 3. The van der Waals surface area contributed by atoms with E-state index in [1.54, 1.807) is 36.5 Å². The van der Waals surface area contributed by atoms with Crippen molar-refractivity contribution in [2.75, 3.05) is 22.5 Å². The fraction of sp³-hybridized carbons (Fsp3) is 0.278. The number of benzene rings is 1. The molecule has 0 aliphatic carbocycles. The van der Waals surface area contributed by atoms with Crippen LogP contribution in [0.2, 0.25) is 0 Å². The van der Waals surface area contributed by atoms with Crippen LogP contribution >= 0.6 is 0 Å². The molecule has 0 aliphatic heterocycles. The minimum absolute atomic E-state index is 0.162. The van der Waals surface area contributed by atoms with Gasteiger partial charge in [0, 0.05) is 24.8 Å². The lowest BCUT2D eigenvalue weighted by atomic mass is 10.2. The van der Waals surface area contributed by atoms with Crippen molar-refractivity contribution in [3.63, 3.8) is 0 Å². The molecule has 6 heteroatoms. The Morgan fingerprint density at radius 2 is 1.75 bits per heavy atom. The third-order valence-corrected chi connectivity index (χ3v) is 3.15. The Balaban J connectivity index is 2.00. The minimum Gasteiger partial charge on any atom is -0.384 e. The van der Waals surface area contributed by atoms with E-state index in [1.807, 2.05) is 6.07 Å². The molecule has 3 N–H and O–H groups in total. The van der Waals surface area contributed by atoms with Gasteiger partial charge in [0.15, 0.2) is 0 Å². The van der Waals surface area contributed by atoms with Crippen molar-refractivity contribution in [2.24, 2.45) is 5.92 Å². The first kappa shape index (κ1) is 17.5. The first-order valence-electron chi connectivity index (χ1n) is 7.83. The molecule has 0 radical (unpaired) electrons. The van der Waals surface area contributed by atoms with Crippen molar-refractivity contribution < 1.29 is 9.59 Å². The largest absolute Gasteiger partial charge is 0.384 e. The molecule has 126 valence electrons. The Kier molecular flexibility index (Phi) is 5.89. The second-order valence-corrected chi connectivity index (χ2v) is 5.92. The Bertz CT molecular complexity index is 711. The summed E-state index contributed by atoms with van der Waals surface area (Å²) >= 11 is 0. The quantitative estimate of drug-likeness (QED) is 0.760. The molecule has 0 spiro atoms. The van der Waals surface area contributed by atoms with Gasteiger partial charge < -0.3 is 16.0 Å². The van der Waals surface area contributed by atoms with Crippen LogP contribution in [-0.4, -0.2) is 23.3 Å². The molecule has 2 rings (SSSR count). The number of pyridine rings is 1. The molecule has 0 saturated heterocycles. The van der Waals surface area contributed by atoms with Gasteiger partial charge in [0.2, 0.25) is 5.91 Å². The fourth-order valence-electron chi connectivity index (χ4n) is 2.03. The summed E-state index contributed by atoms with van der Waals surface area (Å²) in [4.78, 5) is 27.5. The Morgan fingerprint density at radius 1 is 1.04 bits per heavy atom. The minimum atomic E-state index is -0.301. The number of nitrogens with zero attached hydrogens (tertiary/aromatic N) is 1. The zero-order chi connectivity index (χ0) is 17.5. The highest BCUT2D eigenvalue weighted by Crippen LogP contribution is 2.16. The van der Waals surface area contributed by atoms with Crippen LogP contribution in [-0.2, 0) is 4.79 Å².